The van der Waals surface area contributed by atoms with E-state index in [-0.39, 0.29) is 11.3 Å². The lowest BCUT2D eigenvalue weighted by Crippen LogP contribution is -2.27. The van der Waals surface area contributed by atoms with Crippen LogP contribution in [-0.4, -0.2) is 35.0 Å². The largest absolute Gasteiger partial charge is 0.372 e. The van der Waals surface area contributed by atoms with Crippen LogP contribution >= 0.6 is 0 Å². The molecule has 7 nitrogen and oxygen atoms in total. The Bertz CT molecular complexity index is 1070. The monoisotopic (exact) mass is 377 g/mol. The van der Waals surface area contributed by atoms with Crippen LogP contribution in [0.1, 0.15) is 29.9 Å². The molecule has 1 heterocycles. The van der Waals surface area contributed by atoms with Crippen LogP contribution in [0.3, 0.4) is 0 Å². The van der Waals surface area contributed by atoms with Gasteiger partial charge in [-0.05, 0) is 37.6 Å². The van der Waals surface area contributed by atoms with E-state index in [9.17, 15) is 9.59 Å². The van der Waals surface area contributed by atoms with Crippen molar-refractivity contribution in [2.24, 2.45) is 12.1 Å². The Morgan fingerprint density at radius 3 is 2.39 bits per heavy atom. The van der Waals surface area contributed by atoms with Crippen LogP contribution in [0.4, 0.5) is 5.69 Å². The Morgan fingerprint density at radius 2 is 1.75 bits per heavy atom. The first-order valence-corrected chi connectivity index (χ1v) is 9.19. The highest BCUT2D eigenvalue weighted by molar-refractivity contribution is 6.04. The smallest absolute Gasteiger partial charge is 0.292 e. The number of carbonyl (C=O) groups excluding carboxylic acids is 1. The van der Waals surface area contributed by atoms with Gasteiger partial charge in [0.2, 0.25) is 0 Å². The number of hydrogen-bond acceptors (Lipinski definition) is 5. The SMILES string of the molecule is CCN(CC)c1ccc(/C=N/NC(=O)c2nn(C)c(=O)c3ccccc23)cc1. The van der Waals surface area contributed by atoms with Crippen LogP contribution < -0.4 is 15.9 Å². The summed E-state index contributed by atoms with van der Waals surface area (Å²) in [5, 5.41) is 9.06. The summed E-state index contributed by atoms with van der Waals surface area (Å²) < 4.78 is 1.16. The predicted octanol–water partition coefficient (Wildman–Crippen LogP) is 2.54. The van der Waals surface area contributed by atoms with E-state index in [4.69, 9.17) is 0 Å². The molecule has 0 saturated carbocycles. The summed E-state index contributed by atoms with van der Waals surface area (Å²) in [7, 11) is 1.52. The molecular formula is C21H23N5O2. The van der Waals surface area contributed by atoms with Crippen molar-refractivity contribution < 1.29 is 4.79 Å². The number of amides is 1. The summed E-state index contributed by atoms with van der Waals surface area (Å²) in [6.45, 7) is 6.12. The standard InChI is InChI=1S/C21H23N5O2/c1-4-26(5-2)16-12-10-15(11-13-16)14-22-23-20(27)19-17-8-6-7-9-18(17)21(28)25(3)24-19/h6-14H,4-5H2,1-3H3,(H,23,27)/b22-14+. The molecule has 0 atom stereocenters. The molecule has 2 aromatic carbocycles. The van der Waals surface area contributed by atoms with E-state index in [0.29, 0.717) is 10.8 Å². The maximum absolute atomic E-state index is 12.5. The third-order valence-electron chi connectivity index (χ3n) is 4.57. The maximum atomic E-state index is 12.5. The van der Waals surface area contributed by atoms with Gasteiger partial charge in [0.1, 0.15) is 0 Å². The second-order valence-electron chi connectivity index (χ2n) is 6.29. The molecule has 1 aromatic heterocycles. The third-order valence-corrected chi connectivity index (χ3v) is 4.57. The normalized spacial score (nSPS) is 11.1. The van der Waals surface area contributed by atoms with Crippen LogP contribution in [0.15, 0.2) is 58.4 Å². The zero-order chi connectivity index (χ0) is 20.1. The van der Waals surface area contributed by atoms with Gasteiger partial charge in [0.05, 0.1) is 11.6 Å². The average Bonchev–Trinajstić information content (AvgIpc) is 2.72. The fourth-order valence-electron chi connectivity index (χ4n) is 3.05. The van der Waals surface area contributed by atoms with Gasteiger partial charge in [-0.15, -0.1) is 0 Å². The zero-order valence-corrected chi connectivity index (χ0v) is 16.2. The van der Waals surface area contributed by atoms with Gasteiger partial charge in [-0.25, -0.2) is 10.1 Å². The molecule has 0 saturated heterocycles. The van der Waals surface area contributed by atoms with Crippen molar-refractivity contribution in [2.45, 2.75) is 13.8 Å². The molecule has 28 heavy (non-hydrogen) atoms. The number of nitrogens with zero attached hydrogens (tertiary/aromatic N) is 4. The number of anilines is 1. The first kappa shape index (κ1) is 19.3. The van der Waals surface area contributed by atoms with E-state index in [0.717, 1.165) is 29.0 Å². The van der Waals surface area contributed by atoms with Crippen LogP contribution in [0.5, 0.6) is 0 Å². The number of aryl methyl sites for hydroxylation is 1. The van der Waals surface area contributed by atoms with Crippen molar-refractivity contribution in [3.8, 4) is 0 Å². The third kappa shape index (κ3) is 3.93. The van der Waals surface area contributed by atoms with E-state index in [1.165, 1.54) is 7.05 Å². The van der Waals surface area contributed by atoms with E-state index >= 15 is 0 Å². The minimum Gasteiger partial charge on any atom is -0.372 e. The number of aromatic nitrogens is 2. The Labute approximate surface area is 163 Å². The van der Waals surface area contributed by atoms with E-state index < -0.39 is 5.91 Å². The van der Waals surface area contributed by atoms with Gasteiger partial charge in [-0.1, -0.05) is 30.3 Å². The second-order valence-corrected chi connectivity index (χ2v) is 6.29. The lowest BCUT2D eigenvalue weighted by Gasteiger charge is -2.20. The molecule has 0 radical (unpaired) electrons. The predicted molar refractivity (Wildman–Crippen MR) is 112 cm³/mol. The van der Waals surface area contributed by atoms with Gasteiger partial charge in [-0.3, -0.25) is 9.59 Å². The van der Waals surface area contributed by atoms with Crippen LogP contribution in [-0.2, 0) is 7.05 Å². The fraction of sp³-hybridized carbons (Fsp3) is 0.238. The summed E-state index contributed by atoms with van der Waals surface area (Å²) in [6.07, 6.45) is 1.58. The Balaban J connectivity index is 1.77. The lowest BCUT2D eigenvalue weighted by atomic mass is 10.1. The topological polar surface area (TPSA) is 79.6 Å². The van der Waals surface area contributed by atoms with E-state index in [1.807, 2.05) is 24.3 Å². The van der Waals surface area contributed by atoms with E-state index in [1.54, 1.807) is 30.5 Å². The van der Waals surface area contributed by atoms with Crippen molar-refractivity contribution in [2.75, 3.05) is 18.0 Å². The molecule has 3 aromatic rings. The Morgan fingerprint density at radius 1 is 1.11 bits per heavy atom. The highest BCUT2D eigenvalue weighted by atomic mass is 16.2. The number of fused-ring (bicyclic) bond motifs is 1. The van der Waals surface area contributed by atoms with Crippen molar-refractivity contribution in [1.82, 2.24) is 15.2 Å². The van der Waals surface area contributed by atoms with E-state index in [2.05, 4.69) is 34.4 Å². The van der Waals surface area contributed by atoms with Gasteiger partial charge in [0, 0.05) is 31.2 Å². The molecule has 1 amide bonds. The summed E-state index contributed by atoms with van der Waals surface area (Å²) in [5.41, 5.74) is 4.42. The molecule has 3 rings (SSSR count). The molecule has 0 bridgehead atoms. The highest BCUT2D eigenvalue weighted by Crippen LogP contribution is 2.14. The minimum atomic E-state index is -0.470. The van der Waals surface area contributed by atoms with Crippen molar-refractivity contribution >= 4 is 28.6 Å². The molecular weight excluding hydrogens is 354 g/mol. The number of hydrazone groups is 1. The van der Waals surface area contributed by atoms with Crippen molar-refractivity contribution in [3.63, 3.8) is 0 Å². The number of carbonyl (C=O) groups is 1. The fourth-order valence-corrected chi connectivity index (χ4v) is 3.05. The molecule has 0 aliphatic carbocycles. The quantitative estimate of drug-likeness (QED) is 0.529. The molecule has 1 N–H and O–H groups in total. The first-order valence-electron chi connectivity index (χ1n) is 9.19. The summed E-state index contributed by atoms with van der Waals surface area (Å²) >= 11 is 0. The first-order chi connectivity index (χ1) is 13.5. The molecule has 0 spiro atoms. The van der Waals surface area contributed by atoms with Gasteiger partial charge >= 0.3 is 0 Å². The number of nitrogens with one attached hydrogen (secondary N) is 1. The van der Waals surface area contributed by atoms with Crippen LogP contribution in [0.25, 0.3) is 10.8 Å². The minimum absolute atomic E-state index is 0.159. The zero-order valence-electron chi connectivity index (χ0n) is 16.2. The van der Waals surface area contributed by atoms with Gasteiger partial charge < -0.3 is 4.90 Å². The Kier molecular flexibility index (Phi) is 5.84. The summed E-state index contributed by atoms with van der Waals surface area (Å²) in [6, 6.07) is 14.8. The van der Waals surface area contributed by atoms with Gasteiger partial charge in [0.25, 0.3) is 11.5 Å². The molecule has 0 aliphatic heterocycles. The van der Waals surface area contributed by atoms with Gasteiger partial charge in [0.15, 0.2) is 5.69 Å². The molecule has 144 valence electrons. The highest BCUT2D eigenvalue weighted by Gasteiger charge is 2.14. The van der Waals surface area contributed by atoms with Crippen molar-refractivity contribution in [1.29, 1.82) is 0 Å². The average molecular weight is 377 g/mol. The molecule has 0 aliphatic rings. The summed E-state index contributed by atoms with van der Waals surface area (Å²) in [4.78, 5) is 26.9. The molecule has 0 unspecified atom stereocenters. The number of hydrogen-bond donors (Lipinski definition) is 1. The number of rotatable bonds is 6. The van der Waals surface area contributed by atoms with Gasteiger partial charge in [-0.2, -0.15) is 10.2 Å². The van der Waals surface area contributed by atoms with Crippen molar-refractivity contribution in [3.05, 3.63) is 70.1 Å². The lowest BCUT2D eigenvalue weighted by molar-refractivity contribution is 0.0950. The van der Waals surface area contributed by atoms with Crippen LogP contribution in [0.2, 0.25) is 0 Å². The molecule has 7 heteroatoms. The Hall–Kier alpha value is -3.48. The second kappa shape index (κ2) is 8.47. The summed E-state index contributed by atoms with van der Waals surface area (Å²) in [5.74, 6) is -0.470. The van der Waals surface area contributed by atoms with Crippen LogP contribution in [0, 0.1) is 0 Å². The number of benzene rings is 2. The molecule has 0 fully saturated rings. The maximum Gasteiger partial charge on any atom is 0.292 e.